The van der Waals surface area contributed by atoms with Gasteiger partial charge in [0.2, 0.25) is 0 Å². The zero-order valence-electron chi connectivity index (χ0n) is 9.50. The van der Waals surface area contributed by atoms with Crippen LogP contribution in [0, 0.1) is 5.92 Å². The molecule has 0 aliphatic rings. The summed E-state index contributed by atoms with van der Waals surface area (Å²) in [4.78, 5) is 0. The third-order valence-corrected chi connectivity index (χ3v) is 3.69. The number of hydrogen-bond donors (Lipinski definition) is 0. The molecule has 1 nitrogen and oxygen atoms in total. The van der Waals surface area contributed by atoms with E-state index in [0.29, 0.717) is 0 Å². The van der Waals surface area contributed by atoms with E-state index in [1.54, 1.807) is 7.11 Å². The van der Waals surface area contributed by atoms with Gasteiger partial charge in [0, 0.05) is 5.33 Å². The highest BCUT2D eigenvalue weighted by molar-refractivity contribution is 9.09. The van der Waals surface area contributed by atoms with Crippen LogP contribution in [0.4, 0.5) is 0 Å². The minimum atomic E-state index is 0.781. The van der Waals surface area contributed by atoms with Gasteiger partial charge in [0.15, 0.2) is 0 Å². The van der Waals surface area contributed by atoms with Crippen LogP contribution < -0.4 is 4.74 Å². The second kappa shape index (κ2) is 6.89. The molecule has 0 bridgehead atoms. The summed E-state index contributed by atoms with van der Waals surface area (Å²) in [5, 5.41) is 1.11. The van der Waals surface area contributed by atoms with Crippen molar-refractivity contribution in [2.75, 3.05) is 12.4 Å². The molecule has 1 unspecified atom stereocenters. The van der Waals surface area contributed by atoms with Crippen molar-refractivity contribution in [3.63, 3.8) is 0 Å². The Balaban J connectivity index is 2.31. The van der Waals surface area contributed by atoms with Gasteiger partial charge in [0.1, 0.15) is 5.75 Å². The summed E-state index contributed by atoms with van der Waals surface area (Å²) in [6.07, 6.45) is 3.72. The Labute approximate surface area is 101 Å². The molecule has 84 valence electrons. The van der Waals surface area contributed by atoms with Crippen LogP contribution in [0.1, 0.15) is 25.3 Å². The van der Waals surface area contributed by atoms with Gasteiger partial charge in [0.25, 0.3) is 0 Å². The SMILES string of the molecule is COc1ccc(CCCC(C)CBr)cc1. The van der Waals surface area contributed by atoms with Crippen LogP contribution in [-0.4, -0.2) is 12.4 Å². The van der Waals surface area contributed by atoms with E-state index in [-0.39, 0.29) is 0 Å². The lowest BCUT2D eigenvalue weighted by molar-refractivity contribution is 0.414. The van der Waals surface area contributed by atoms with Crippen molar-refractivity contribution in [1.29, 1.82) is 0 Å². The number of alkyl halides is 1. The van der Waals surface area contributed by atoms with E-state index in [4.69, 9.17) is 4.74 Å². The van der Waals surface area contributed by atoms with Crippen molar-refractivity contribution in [3.05, 3.63) is 29.8 Å². The number of rotatable bonds is 6. The van der Waals surface area contributed by atoms with Crippen LogP contribution in [0.15, 0.2) is 24.3 Å². The summed E-state index contributed by atoms with van der Waals surface area (Å²) in [5.74, 6) is 1.72. The lowest BCUT2D eigenvalue weighted by Crippen LogP contribution is -1.96. The van der Waals surface area contributed by atoms with E-state index in [1.807, 2.05) is 12.1 Å². The summed E-state index contributed by atoms with van der Waals surface area (Å²) in [5.41, 5.74) is 1.40. The molecule has 0 aliphatic heterocycles. The number of halogens is 1. The highest BCUT2D eigenvalue weighted by atomic mass is 79.9. The number of hydrogen-bond acceptors (Lipinski definition) is 1. The summed E-state index contributed by atoms with van der Waals surface area (Å²) >= 11 is 3.50. The Morgan fingerprint density at radius 1 is 1.27 bits per heavy atom. The first kappa shape index (κ1) is 12.6. The highest BCUT2D eigenvalue weighted by Gasteiger charge is 2.00. The fraction of sp³-hybridized carbons (Fsp3) is 0.538. The van der Waals surface area contributed by atoms with Gasteiger partial charge in [-0.15, -0.1) is 0 Å². The van der Waals surface area contributed by atoms with Gasteiger partial charge < -0.3 is 4.74 Å². The first-order chi connectivity index (χ1) is 7.26. The molecule has 2 heteroatoms. The quantitative estimate of drug-likeness (QED) is 0.709. The molecule has 1 rings (SSSR count). The van der Waals surface area contributed by atoms with Crippen molar-refractivity contribution in [1.82, 2.24) is 0 Å². The van der Waals surface area contributed by atoms with Crippen molar-refractivity contribution < 1.29 is 4.74 Å². The lowest BCUT2D eigenvalue weighted by Gasteiger charge is -2.07. The number of aryl methyl sites for hydroxylation is 1. The summed E-state index contributed by atoms with van der Waals surface area (Å²) in [7, 11) is 1.70. The molecule has 1 aromatic rings. The zero-order valence-corrected chi connectivity index (χ0v) is 11.1. The Morgan fingerprint density at radius 2 is 1.93 bits per heavy atom. The minimum absolute atomic E-state index is 0.781. The number of benzene rings is 1. The van der Waals surface area contributed by atoms with Gasteiger partial charge in [-0.1, -0.05) is 35.0 Å². The second-order valence-corrected chi connectivity index (χ2v) is 4.65. The molecule has 1 aromatic carbocycles. The monoisotopic (exact) mass is 270 g/mol. The molecular weight excluding hydrogens is 252 g/mol. The van der Waals surface area contributed by atoms with Crippen LogP contribution in [-0.2, 0) is 6.42 Å². The van der Waals surface area contributed by atoms with Crippen LogP contribution >= 0.6 is 15.9 Å². The van der Waals surface area contributed by atoms with Gasteiger partial charge in [-0.25, -0.2) is 0 Å². The van der Waals surface area contributed by atoms with Gasteiger partial charge in [-0.2, -0.15) is 0 Å². The maximum Gasteiger partial charge on any atom is 0.118 e. The normalized spacial score (nSPS) is 12.5. The standard InChI is InChI=1S/C13H19BrO/c1-11(10-14)4-3-5-12-6-8-13(15-2)9-7-12/h6-9,11H,3-5,10H2,1-2H3. The number of ether oxygens (including phenoxy) is 1. The molecular formula is C13H19BrO. The van der Waals surface area contributed by atoms with Gasteiger partial charge in [-0.3, -0.25) is 0 Å². The predicted octanol–water partition coefficient (Wildman–Crippen LogP) is 4.05. The molecule has 0 heterocycles. The third-order valence-electron chi connectivity index (χ3n) is 2.58. The molecule has 0 spiro atoms. The predicted molar refractivity (Wildman–Crippen MR) is 68.9 cm³/mol. The fourth-order valence-electron chi connectivity index (χ4n) is 1.52. The molecule has 0 aliphatic carbocycles. The number of methoxy groups -OCH3 is 1. The van der Waals surface area contributed by atoms with E-state index in [9.17, 15) is 0 Å². The Hall–Kier alpha value is -0.500. The maximum absolute atomic E-state index is 5.12. The molecule has 0 saturated carbocycles. The summed E-state index contributed by atoms with van der Waals surface area (Å²) < 4.78 is 5.12. The maximum atomic E-state index is 5.12. The molecule has 0 radical (unpaired) electrons. The lowest BCUT2D eigenvalue weighted by atomic mass is 10.0. The van der Waals surface area contributed by atoms with E-state index < -0.39 is 0 Å². The average molecular weight is 271 g/mol. The van der Waals surface area contributed by atoms with Crippen LogP contribution in [0.25, 0.3) is 0 Å². The van der Waals surface area contributed by atoms with E-state index in [1.165, 1.54) is 24.8 Å². The van der Waals surface area contributed by atoms with E-state index in [2.05, 4.69) is 35.0 Å². The smallest absolute Gasteiger partial charge is 0.118 e. The molecule has 15 heavy (non-hydrogen) atoms. The van der Waals surface area contributed by atoms with Crippen LogP contribution in [0.2, 0.25) is 0 Å². The van der Waals surface area contributed by atoms with E-state index >= 15 is 0 Å². The van der Waals surface area contributed by atoms with E-state index in [0.717, 1.165) is 17.0 Å². The van der Waals surface area contributed by atoms with Gasteiger partial charge in [-0.05, 0) is 42.9 Å². The molecule has 0 aromatic heterocycles. The van der Waals surface area contributed by atoms with Crippen molar-refractivity contribution >= 4 is 15.9 Å². The molecule has 0 N–H and O–H groups in total. The molecule has 0 amide bonds. The second-order valence-electron chi connectivity index (χ2n) is 4.00. The summed E-state index contributed by atoms with van der Waals surface area (Å²) in [6, 6.07) is 8.36. The van der Waals surface area contributed by atoms with Crippen molar-refractivity contribution in [2.24, 2.45) is 5.92 Å². The van der Waals surface area contributed by atoms with Gasteiger partial charge in [0.05, 0.1) is 7.11 Å². The highest BCUT2D eigenvalue weighted by Crippen LogP contribution is 2.15. The van der Waals surface area contributed by atoms with Crippen LogP contribution in [0.5, 0.6) is 5.75 Å². The topological polar surface area (TPSA) is 9.23 Å². The Morgan fingerprint density at radius 3 is 2.47 bits per heavy atom. The Kier molecular flexibility index (Phi) is 5.77. The molecule has 0 fully saturated rings. The average Bonchev–Trinajstić information content (AvgIpc) is 2.29. The van der Waals surface area contributed by atoms with Crippen LogP contribution in [0.3, 0.4) is 0 Å². The van der Waals surface area contributed by atoms with Crippen molar-refractivity contribution in [3.8, 4) is 5.75 Å². The Bertz CT molecular complexity index is 268. The summed E-state index contributed by atoms with van der Waals surface area (Å²) in [6.45, 7) is 2.28. The first-order valence-electron chi connectivity index (χ1n) is 5.45. The molecule has 1 atom stereocenters. The largest absolute Gasteiger partial charge is 0.497 e. The van der Waals surface area contributed by atoms with Gasteiger partial charge >= 0.3 is 0 Å². The zero-order chi connectivity index (χ0) is 11.1. The third kappa shape index (κ3) is 4.70. The first-order valence-corrected chi connectivity index (χ1v) is 6.57. The minimum Gasteiger partial charge on any atom is -0.497 e. The molecule has 0 saturated heterocycles. The van der Waals surface area contributed by atoms with Crippen molar-refractivity contribution in [2.45, 2.75) is 26.2 Å². The fourth-order valence-corrected chi connectivity index (χ4v) is 1.85.